The highest BCUT2D eigenvalue weighted by Crippen LogP contribution is 2.30. The molecule has 0 spiro atoms. The van der Waals surface area contributed by atoms with Crippen molar-refractivity contribution in [2.45, 2.75) is 13.5 Å². The predicted molar refractivity (Wildman–Crippen MR) is 80.8 cm³/mol. The normalized spacial score (nSPS) is 11.3. The molecule has 0 saturated heterocycles. The molecule has 22 heavy (non-hydrogen) atoms. The van der Waals surface area contributed by atoms with Gasteiger partial charge in [-0.1, -0.05) is 22.9 Å². The second-order valence-corrected chi connectivity index (χ2v) is 5.92. The minimum atomic E-state index is -2.88. The lowest BCUT2D eigenvalue weighted by atomic mass is 10.2. The smallest absolute Gasteiger partial charge is 0.296 e. The van der Waals surface area contributed by atoms with Gasteiger partial charge in [0.25, 0.3) is 5.91 Å². The first-order chi connectivity index (χ1) is 10.5. The van der Waals surface area contributed by atoms with E-state index in [9.17, 15) is 13.6 Å². The molecule has 1 amide bonds. The second kappa shape index (κ2) is 5.62. The molecular weight excluding hydrogens is 334 g/mol. The van der Waals surface area contributed by atoms with E-state index in [1.54, 1.807) is 6.07 Å². The largest absolute Gasteiger partial charge is 0.333 e. The molecule has 5 nitrogen and oxygen atoms in total. The first-order valence-electron chi connectivity index (χ1n) is 6.15. The summed E-state index contributed by atoms with van der Waals surface area (Å²) < 4.78 is 26.6. The van der Waals surface area contributed by atoms with Crippen molar-refractivity contribution in [3.05, 3.63) is 40.7 Å². The highest BCUT2D eigenvalue weighted by atomic mass is 35.5. The molecule has 114 valence electrons. The average Bonchev–Trinajstić information content (AvgIpc) is 3.05. The van der Waals surface area contributed by atoms with Crippen LogP contribution in [-0.2, 0) is 0 Å². The molecule has 1 N–H and O–H groups in total. The zero-order valence-corrected chi connectivity index (χ0v) is 12.8. The monoisotopic (exact) mass is 342 g/mol. The number of alkyl halides is 2. The highest BCUT2D eigenvalue weighted by Gasteiger charge is 2.19. The van der Waals surface area contributed by atoms with Crippen LogP contribution in [0.3, 0.4) is 0 Å². The van der Waals surface area contributed by atoms with Gasteiger partial charge in [-0.2, -0.15) is 18.6 Å². The number of hydrogen-bond acceptors (Lipinski definition) is 4. The van der Waals surface area contributed by atoms with E-state index in [4.69, 9.17) is 11.6 Å². The number of carbonyl (C=O) groups is 1. The summed E-state index contributed by atoms with van der Waals surface area (Å²) in [4.78, 5) is 16.3. The molecule has 0 aliphatic carbocycles. The van der Waals surface area contributed by atoms with Crippen molar-refractivity contribution < 1.29 is 13.6 Å². The summed E-state index contributed by atoms with van der Waals surface area (Å²) in [5.74, 6) is -0.695. The van der Waals surface area contributed by atoms with Gasteiger partial charge >= 0.3 is 6.55 Å². The number of amides is 1. The number of fused-ring (bicyclic) bond motifs is 1. The van der Waals surface area contributed by atoms with Crippen molar-refractivity contribution in [3.8, 4) is 0 Å². The van der Waals surface area contributed by atoms with Crippen molar-refractivity contribution in [3.63, 3.8) is 0 Å². The number of rotatable bonds is 3. The lowest BCUT2D eigenvalue weighted by Gasteiger charge is -2.04. The Balaban J connectivity index is 1.89. The zero-order chi connectivity index (χ0) is 15.9. The van der Waals surface area contributed by atoms with E-state index in [1.165, 1.54) is 17.4 Å². The van der Waals surface area contributed by atoms with Crippen LogP contribution in [0.5, 0.6) is 0 Å². The molecule has 0 aliphatic heterocycles. The Hall–Kier alpha value is -2.06. The van der Waals surface area contributed by atoms with E-state index in [0.717, 1.165) is 16.5 Å². The summed E-state index contributed by atoms with van der Waals surface area (Å²) in [6, 6.07) is 4.77. The van der Waals surface area contributed by atoms with Crippen LogP contribution in [0.25, 0.3) is 10.2 Å². The second-order valence-electron chi connectivity index (χ2n) is 4.48. The van der Waals surface area contributed by atoms with E-state index in [2.05, 4.69) is 15.4 Å². The summed E-state index contributed by atoms with van der Waals surface area (Å²) in [5, 5.41) is 6.80. The third-order valence-electron chi connectivity index (χ3n) is 2.98. The molecule has 0 radical (unpaired) electrons. The van der Waals surface area contributed by atoms with Crippen LogP contribution in [0, 0.1) is 6.92 Å². The molecule has 2 heterocycles. The number of carbonyl (C=O) groups excluding carboxylic acids is 1. The van der Waals surface area contributed by atoms with Crippen LogP contribution in [0.2, 0.25) is 5.02 Å². The van der Waals surface area contributed by atoms with Crippen molar-refractivity contribution in [2.75, 3.05) is 5.32 Å². The van der Waals surface area contributed by atoms with Gasteiger partial charge in [0.2, 0.25) is 0 Å². The fourth-order valence-electron chi connectivity index (χ4n) is 1.91. The van der Waals surface area contributed by atoms with Gasteiger partial charge in [-0.15, -0.1) is 0 Å². The van der Waals surface area contributed by atoms with Gasteiger partial charge in [0, 0.05) is 11.2 Å². The van der Waals surface area contributed by atoms with Crippen molar-refractivity contribution >= 4 is 44.2 Å². The van der Waals surface area contributed by atoms with Crippen molar-refractivity contribution in [1.82, 2.24) is 14.8 Å². The Morgan fingerprint density at radius 1 is 1.45 bits per heavy atom. The number of aromatic nitrogens is 3. The van der Waals surface area contributed by atoms with Gasteiger partial charge in [-0.25, -0.2) is 4.98 Å². The average molecular weight is 343 g/mol. The molecule has 3 aromatic rings. The molecule has 0 atom stereocenters. The molecule has 0 fully saturated rings. The lowest BCUT2D eigenvalue weighted by molar-refractivity contribution is 0.0520. The van der Waals surface area contributed by atoms with Gasteiger partial charge in [0.05, 0.1) is 10.2 Å². The van der Waals surface area contributed by atoms with Crippen molar-refractivity contribution in [1.29, 1.82) is 0 Å². The lowest BCUT2D eigenvalue weighted by Crippen LogP contribution is -2.18. The number of anilines is 1. The van der Waals surface area contributed by atoms with E-state index < -0.39 is 12.5 Å². The van der Waals surface area contributed by atoms with Gasteiger partial charge in [-0.05, 0) is 30.7 Å². The Morgan fingerprint density at radius 3 is 2.95 bits per heavy atom. The van der Waals surface area contributed by atoms with E-state index in [1.807, 2.05) is 13.0 Å². The van der Waals surface area contributed by atoms with Crippen LogP contribution < -0.4 is 5.32 Å². The molecule has 1 aromatic carbocycles. The quantitative estimate of drug-likeness (QED) is 0.779. The van der Waals surface area contributed by atoms with Gasteiger partial charge in [-0.3, -0.25) is 10.1 Å². The molecule has 0 saturated carbocycles. The van der Waals surface area contributed by atoms with E-state index in [-0.39, 0.29) is 5.69 Å². The number of halogens is 3. The number of nitrogens with one attached hydrogen (secondary N) is 1. The van der Waals surface area contributed by atoms with Crippen LogP contribution in [0.15, 0.2) is 24.4 Å². The van der Waals surface area contributed by atoms with Crippen LogP contribution in [0.4, 0.5) is 13.9 Å². The Morgan fingerprint density at radius 2 is 2.23 bits per heavy atom. The maximum absolute atomic E-state index is 12.7. The van der Waals surface area contributed by atoms with Gasteiger partial charge < -0.3 is 0 Å². The topological polar surface area (TPSA) is 59.8 Å². The number of benzene rings is 1. The summed E-state index contributed by atoms with van der Waals surface area (Å²) in [6.07, 6.45) is 1.14. The Bertz CT molecular complexity index is 822. The predicted octanol–water partition coefficient (Wildman–Crippen LogP) is 4.10. The molecular formula is C13H9ClF2N4OS. The fraction of sp³-hybridized carbons (Fsp3) is 0.154. The third kappa shape index (κ3) is 2.67. The van der Waals surface area contributed by atoms with E-state index in [0.29, 0.717) is 20.4 Å². The Kier molecular flexibility index (Phi) is 3.79. The number of thiazole rings is 1. The maximum Gasteiger partial charge on any atom is 0.333 e. The standard InChI is InChI=1S/C13H9ClF2N4OS/c1-6-4-10-8(5-7(6)14)18-13(22-10)19-11(21)9-2-3-17-20(9)12(15)16/h2-5,12H,1H3,(H,18,19,21). The molecule has 2 aromatic heterocycles. The van der Waals surface area contributed by atoms with Crippen molar-refractivity contribution in [2.24, 2.45) is 0 Å². The minimum absolute atomic E-state index is 0.233. The first-order valence-corrected chi connectivity index (χ1v) is 7.35. The summed E-state index contributed by atoms with van der Waals surface area (Å²) >= 11 is 7.26. The summed E-state index contributed by atoms with van der Waals surface area (Å²) in [6.45, 7) is -1.02. The Labute approximate surface area is 132 Å². The molecule has 9 heteroatoms. The van der Waals surface area contributed by atoms with Crippen LogP contribution in [-0.4, -0.2) is 20.7 Å². The molecule has 3 rings (SSSR count). The SMILES string of the molecule is Cc1cc2sc(NC(=O)c3ccnn3C(F)F)nc2cc1Cl. The zero-order valence-electron chi connectivity index (χ0n) is 11.2. The number of nitrogens with zero attached hydrogens (tertiary/aromatic N) is 3. The number of hydrogen-bond donors (Lipinski definition) is 1. The third-order valence-corrected chi connectivity index (χ3v) is 4.32. The highest BCUT2D eigenvalue weighted by molar-refractivity contribution is 7.22. The molecule has 0 bridgehead atoms. The van der Waals surface area contributed by atoms with Gasteiger partial charge in [0.1, 0.15) is 5.69 Å². The fourth-order valence-corrected chi connectivity index (χ4v) is 3.01. The minimum Gasteiger partial charge on any atom is -0.296 e. The van der Waals surface area contributed by atoms with Gasteiger partial charge in [0.15, 0.2) is 5.13 Å². The van der Waals surface area contributed by atoms with E-state index >= 15 is 0 Å². The first kappa shape index (κ1) is 14.9. The molecule has 0 unspecified atom stereocenters. The van der Waals surface area contributed by atoms with Crippen LogP contribution >= 0.6 is 22.9 Å². The summed E-state index contributed by atoms with van der Waals surface area (Å²) in [7, 11) is 0. The number of aryl methyl sites for hydroxylation is 1. The molecule has 0 aliphatic rings. The van der Waals surface area contributed by atoms with Crippen LogP contribution in [0.1, 0.15) is 22.6 Å². The summed E-state index contributed by atoms with van der Waals surface area (Å²) in [5.41, 5.74) is 1.30. The maximum atomic E-state index is 12.7.